The van der Waals surface area contributed by atoms with Crippen molar-refractivity contribution in [3.8, 4) is 0 Å². The highest BCUT2D eigenvalue weighted by atomic mass is 16.5. The molecule has 1 amide bonds. The number of ether oxygens (including phenoxy) is 1. The summed E-state index contributed by atoms with van der Waals surface area (Å²) in [7, 11) is 0. The minimum atomic E-state index is -0.913. The van der Waals surface area contributed by atoms with E-state index in [1.807, 2.05) is 30.3 Å². The number of carboxylic acids is 1. The molecule has 122 valence electrons. The molecule has 5 nitrogen and oxygen atoms in total. The zero-order valence-corrected chi connectivity index (χ0v) is 13.1. The molecule has 2 N–H and O–H groups in total. The van der Waals surface area contributed by atoms with E-state index in [9.17, 15) is 9.59 Å². The summed E-state index contributed by atoms with van der Waals surface area (Å²) >= 11 is 0. The van der Waals surface area contributed by atoms with E-state index in [1.54, 1.807) is 0 Å². The molecule has 0 heterocycles. The highest BCUT2D eigenvalue weighted by Gasteiger charge is 2.16. The normalized spacial score (nSPS) is 11.7. The third-order valence-electron chi connectivity index (χ3n) is 3.36. The fourth-order valence-corrected chi connectivity index (χ4v) is 2.19. The molecule has 0 aromatic heterocycles. The number of carbonyl (C=O) groups excluding carboxylic acids is 1. The van der Waals surface area contributed by atoms with Gasteiger partial charge < -0.3 is 15.2 Å². The van der Waals surface area contributed by atoms with Gasteiger partial charge in [-0.2, -0.15) is 0 Å². The number of aliphatic carboxylic acids is 1. The molecule has 0 aliphatic carbocycles. The van der Waals surface area contributed by atoms with Crippen LogP contribution in [0, 0.1) is 0 Å². The standard InChI is InChI=1S/C17H25NO4/c1-2-3-4-8-11-15(12-16(19)20)18-17(21)22-13-14-9-6-5-7-10-14/h5-7,9-10,15H,2-4,8,11-13H2,1H3,(H,18,21)(H,19,20). The van der Waals surface area contributed by atoms with E-state index in [1.165, 1.54) is 0 Å². The second kappa shape index (κ2) is 10.7. The zero-order chi connectivity index (χ0) is 16.2. The molecular weight excluding hydrogens is 282 g/mol. The van der Waals surface area contributed by atoms with Gasteiger partial charge in [0, 0.05) is 6.04 Å². The van der Waals surface area contributed by atoms with E-state index in [4.69, 9.17) is 9.84 Å². The summed E-state index contributed by atoms with van der Waals surface area (Å²) in [5, 5.41) is 11.6. The van der Waals surface area contributed by atoms with Crippen molar-refractivity contribution < 1.29 is 19.4 Å². The molecule has 0 saturated carbocycles. The predicted octanol–water partition coefficient (Wildman–Crippen LogP) is 3.73. The molecule has 0 saturated heterocycles. The summed E-state index contributed by atoms with van der Waals surface area (Å²) < 4.78 is 5.12. The van der Waals surface area contributed by atoms with E-state index in [2.05, 4.69) is 12.2 Å². The second-order valence-corrected chi connectivity index (χ2v) is 5.35. The first-order valence-corrected chi connectivity index (χ1v) is 7.80. The van der Waals surface area contributed by atoms with Crippen LogP contribution in [-0.2, 0) is 16.1 Å². The number of unbranched alkanes of at least 4 members (excludes halogenated alkanes) is 3. The van der Waals surface area contributed by atoms with Crippen molar-refractivity contribution in [2.75, 3.05) is 0 Å². The van der Waals surface area contributed by atoms with Crippen molar-refractivity contribution in [3.05, 3.63) is 35.9 Å². The maximum atomic E-state index is 11.8. The molecule has 1 aromatic rings. The molecule has 1 atom stereocenters. The van der Waals surface area contributed by atoms with Crippen molar-refractivity contribution in [3.63, 3.8) is 0 Å². The Kier molecular flexibility index (Phi) is 8.72. The largest absolute Gasteiger partial charge is 0.481 e. The average molecular weight is 307 g/mol. The first-order valence-electron chi connectivity index (χ1n) is 7.80. The van der Waals surface area contributed by atoms with Gasteiger partial charge in [0.05, 0.1) is 6.42 Å². The highest BCUT2D eigenvalue weighted by Crippen LogP contribution is 2.09. The van der Waals surface area contributed by atoms with Crippen molar-refractivity contribution in [2.45, 2.75) is 58.1 Å². The van der Waals surface area contributed by atoms with Crippen LogP contribution < -0.4 is 5.32 Å². The number of nitrogens with one attached hydrogen (secondary N) is 1. The van der Waals surface area contributed by atoms with Gasteiger partial charge in [-0.3, -0.25) is 4.79 Å². The molecule has 0 fully saturated rings. The summed E-state index contributed by atoms with van der Waals surface area (Å²) in [4.78, 5) is 22.6. The van der Waals surface area contributed by atoms with Crippen LogP contribution in [-0.4, -0.2) is 23.2 Å². The lowest BCUT2D eigenvalue weighted by atomic mass is 10.0. The number of hydrogen-bond acceptors (Lipinski definition) is 3. The number of benzene rings is 1. The van der Waals surface area contributed by atoms with Crippen LogP contribution in [0.5, 0.6) is 0 Å². The summed E-state index contributed by atoms with van der Waals surface area (Å²) in [6.07, 6.45) is 4.22. The van der Waals surface area contributed by atoms with Crippen LogP contribution in [0.2, 0.25) is 0 Å². The molecule has 1 unspecified atom stereocenters. The number of hydrogen-bond donors (Lipinski definition) is 2. The van der Waals surface area contributed by atoms with Gasteiger partial charge in [-0.1, -0.05) is 62.9 Å². The summed E-state index contributed by atoms with van der Waals surface area (Å²) in [6.45, 7) is 2.30. The Morgan fingerprint density at radius 1 is 1.18 bits per heavy atom. The van der Waals surface area contributed by atoms with E-state index in [0.717, 1.165) is 31.2 Å². The minimum absolute atomic E-state index is 0.0768. The Morgan fingerprint density at radius 2 is 1.91 bits per heavy atom. The summed E-state index contributed by atoms with van der Waals surface area (Å²) in [6, 6.07) is 9.00. The van der Waals surface area contributed by atoms with Gasteiger partial charge in [0.25, 0.3) is 0 Å². The molecule has 0 bridgehead atoms. The average Bonchev–Trinajstić information content (AvgIpc) is 2.50. The summed E-state index contributed by atoms with van der Waals surface area (Å²) in [5.41, 5.74) is 0.899. The van der Waals surface area contributed by atoms with Gasteiger partial charge in [0.15, 0.2) is 0 Å². The van der Waals surface area contributed by atoms with E-state index < -0.39 is 12.1 Å². The fraction of sp³-hybridized carbons (Fsp3) is 0.529. The van der Waals surface area contributed by atoms with Gasteiger partial charge >= 0.3 is 12.1 Å². The van der Waals surface area contributed by atoms with Crippen LogP contribution in [0.1, 0.15) is 51.0 Å². The van der Waals surface area contributed by atoms with Crippen LogP contribution in [0.25, 0.3) is 0 Å². The van der Waals surface area contributed by atoms with Crippen molar-refractivity contribution in [1.29, 1.82) is 0 Å². The molecular formula is C17H25NO4. The van der Waals surface area contributed by atoms with Gasteiger partial charge in [-0.15, -0.1) is 0 Å². The number of amides is 1. The topological polar surface area (TPSA) is 75.6 Å². The smallest absolute Gasteiger partial charge is 0.407 e. The quantitative estimate of drug-likeness (QED) is 0.646. The lowest BCUT2D eigenvalue weighted by Crippen LogP contribution is -2.36. The lowest BCUT2D eigenvalue weighted by Gasteiger charge is -2.16. The van der Waals surface area contributed by atoms with E-state index >= 15 is 0 Å². The molecule has 0 aliphatic rings. The number of carboxylic acid groups (broad SMARTS) is 1. The molecule has 0 radical (unpaired) electrons. The molecule has 1 aromatic carbocycles. The maximum Gasteiger partial charge on any atom is 0.407 e. The van der Waals surface area contributed by atoms with E-state index in [-0.39, 0.29) is 19.1 Å². The Labute approximate surface area is 131 Å². The monoisotopic (exact) mass is 307 g/mol. The first kappa shape index (κ1) is 18.0. The maximum absolute atomic E-state index is 11.8. The van der Waals surface area contributed by atoms with Gasteiger partial charge in [-0.05, 0) is 12.0 Å². The fourth-order valence-electron chi connectivity index (χ4n) is 2.19. The van der Waals surface area contributed by atoms with Crippen LogP contribution >= 0.6 is 0 Å². The Balaban J connectivity index is 2.35. The van der Waals surface area contributed by atoms with Crippen LogP contribution in [0.4, 0.5) is 4.79 Å². The minimum Gasteiger partial charge on any atom is -0.481 e. The predicted molar refractivity (Wildman–Crippen MR) is 84.6 cm³/mol. The second-order valence-electron chi connectivity index (χ2n) is 5.35. The first-order chi connectivity index (χ1) is 10.6. The van der Waals surface area contributed by atoms with Gasteiger partial charge in [0.2, 0.25) is 0 Å². The Morgan fingerprint density at radius 3 is 2.55 bits per heavy atom. The van der Waals surface area contributed by atoms with Gasteiger partial charge in [0.1, 0.15) is 6.61 Å². The van der Waals surface area contributed by atoms with Crippen molar-refractivity contribution in [2.24, 2.45) is 0 Å². The van der Waals surface area contributed by atoms with Crippen LogP contribution in [0.15, 0.2) is 30.3 Å². The van der Waals surface area contributed by atoms with Crippen molar-refractivity contribution in [1.82, 2.24) is 5.32 Å². The third-order valence-corrected chi connectivity index (χ3v) is 3.36. The number of alkyl carbamates (subject to hydrolysis) is 1. The van der Waals surface area contributed by atoms with Crippen molar-refractivity contribution >= 4 is 12.1 Å². The zero-order valence-electron chi connectivity index (χ0n) is 13.1. The molecule has 0 spiro atoms. The Hall–Kier alpha value is -2.04. The van der Waals surface area contributed by atoms with Crippen LogP contribution in [0.3, 0.4) is 0 Å². The molecule has 0 aliphatic heterocycles. The highest BCUT2D eigenvalue weighted by molar-refractivity contribution is 5.71. The Bertz CT molecular complexity index is 447. The van der Waals surface area contributed by atoms with Gasteiger partial charge in [-0.25, -0.2) is 4.79 Å². The number of carbonyl (C=O) groups is 2. The third kappa shape index (κ3) is 8.29. The molecule has 5 heteroatoms. The van der Waals surface area contributed by atoms with E-state index in [0.29, 0.717) is 6.42 Å². The SMILES string of the molecule is CCCCCCC(CC(=O)O)NC(=O)OCc1ccccc1. The lowest BCUT2D eigenvalue weighted by molar-refractivity contribution is -0.137. The molecule has 1 rings (SSSR count). The summed E-state index contributed by atoms with van der Waals surface area (Å²) in [5.74, 6) is -0.913. The molecule has 22 heavy (non-hydrogen) atoms. The number of rotatable bonds is 10.